The third-order valence-electron chi connectivity index (χ3n) is 3.73. The van der Waals surface area contributed by atoms with Crippen molar-refractivity contribution in [2.75, 3.05) is 6.54 Å². The lowest BCUT2D eigenvalue weighted by atomic mass is 10.1. The highest BCUT2D eigenvalue weighted by molar-refractivity contribution is 5.91. The van der Waals surface area contributed by atoms with Crippen molar-refractivity contribution in [2.24, 2.45) is 0 Å². The van der Waals surface area contributed by atoms with Crippen molar-refractivity contribution in [2.45, 2.75) is 6.61 Å². The molecule has 0 spiro atoms. The number of fused-ring (bicyclic) bond motifs is 1. The van der Waals surface area contributed by atoms with E-state index in [2.05, 4.69) is 17.2 Å². The molecular formula is C21H15NO6. The summed E-state index contributed by atoms with van der Waals surface area (Å²) in [4.78, 5) is 34.2. The number of ether oxygens (including phenoxy) is 1. The van der Waals surface area contributed by atoms with Crippen LogP contribution in [-0.4, -0.2) is 23.7 Å². The number of rotatable bonds is 4. The summed E-state index contributed by atoms with van der Waals surface area (Å²) in [6.07, 6.45) is -0.579. The monoisotopic (exact) mass is 377 g/mol. The minimum absolute atomic E-state index is 0.0793. The predicted octanol–water partition coefficient (Wildman–Crippen LogP) is 2.77. The third-order valence-corrected chi connectivity index (χ3v) is 3.73. The molecule has 0 aliphatic heterocycles. The number of aromatic carboxylic acids is 1. The summed E-state index contributed by atoms with van der Waals surface area (Å²) in [5, 5.41) is 12.0. The summed E-state index contributed by atoms with van der Waals surface area (Å²) < 4.78 is 10.0. The smallest absolute Gasteiger partial charge is 0.408 e. The van der Waals surface area contributed by atoms with Crippen LogP contribution < -0.4 is 10.9 Å². The molecule has 0 fully saturated rings. The fourth-order valence-electron chi connectivity index (χ4n) is 2.39. The van der Waals surface area contributed by atoms with E-state index in [0.29, 0.717) is 10.9 Å². The highest BCUT2D eigenvalue weighted by Gasteiger charge is 2.12. The van der Waals surface area contributed by atoms with Gasteiger partial charge in [0.2, 0.25) is 0 Å². The van der Waals surface area contributed by atoms with Crippen LogP contribution in [0.15, 0.2) is 63.8 Å². The number of nitrogens with one attached hydrogen (secondary N) is 1. The number of benzene rings is 2. The minimum atomic E-state index is -1.36. The van der Waals surface area contributed by atoms with Crippen molar-refractivity contribution in [1.82, 2.24) is 5.32 Å². The van der Waals surface area contributed by atoms with Gasteiger partial charge < -0.3 is 19.6 Å². The van der Waals surface area contributed by atoms with E-state index in [1.807, 2.05) is 30.3 Å². The Hall–Kier alpha value is -4.05. The fraction of sp³-hybridized carbons (Fsp3) is 0.0952. The van der Waals surface area contributed by atoms with E-state index in [4.69, 9.17) is 14.3 Å². The van der Waals surface area contributed by atoms with Crippen LogP contribution in [0.1, 0.15) is 21.5 Å². The molecule has 7 nitrogen and oxygen atoms in total. The van der Waals surface area contributed by atoms with Gasteiger partial charge in [-0.2, -0.15) is 0 Å². The average molecular weight is 377 g/mol. The second-order valence-electron chi connectivity index (χ2n) is 5.72. The molecule has 28 heavy (non-hydrogen) atoms. The maximum atomic E-state index is 11.6. The summed E-state index contributed by atoms with van der Waals surface area (Å²) in [5.74, 6) is 4.26. The number of carbonyl (C=O) groups excluding carboxylic acids is 1. The highest BCUT2D eigenvalue weighted by atomic mass is 16.5. The van der Waals surface area contributed by atoms with Gasteiger partial charge in [-0.3, -0.25) is 0 Å². The molecule has 2 aromatic carbocycles. The van der Waals surface area contributed by atoms with Crippen molar-refractivity contribution in [3.05, 3.63) is 81.7 Å². The van der Waals surface area contributed by atoms with Crippen LogP contribution in [-0.2, 0) is 11.3 Å². The van der Waals surface area contributed by atoms with Gasteiger partial charge in [-0.15, -0.1) is 0 Å². The van der Waals surface area contributed by atoms with Crippen LogP contribution in [0.4, 0.5) is 4.79 Å². The Kier molecular flexibility index (Phi) is 5.72. The first-order chi connectivity index (χ1) is 13.5. The molecule has 0 unspecified atom stereocenters. The topological polar surface area (TPSA) is 106 Å². The second kappa shape index (κ2) is 8.56. The molecular weight excluding hydrogens is 362 g/mol. The zero-order chi connectivity index (χ0) is 19.9. The molecule has 3 aromatic rings. The van der Waals surface area contributed by atoms with Crippen LogP contribution in [0, 0.1) is 11.8 Å². The minimum Gasteiger partial charge on any atom is -0.477 e. The van der Waals surface area contributed by atoms with E-state index in [1.165, 1.54) is 12.1 Å². The molecule has 0 saturated heterocycles. The highest BCUT2D eigenvalue weighted by Crippen LogP contribution is 2.15. The standard InChI is InChI=1S/C21H15NO6/c23-19(24)17-12-16-11-14(8-9-18(16)28-20(17)25)7-4-10-22-21(26)27-13-15-5-2-1-3-6-15/h1-3,5-6,8-9,11-12H,10,13H2,(H,22,26)(H,23,24). The lowest BCUT2D eigenvalue weighted by molar-refractivity contribution is 0.0692. The molecule has 2 N–H and O–H groups in total. The van der Waals surface area contributed by atoms with Crippen LogP contribution in [0.25, 0.3) is 11.0 Å². The van der Waals surface area contributed by atoms with E-state index in [-0.39, 0.29) is 18.7 Å². The maximum absolute atomic E-state index is 11.6. The van der Waals surface area contributed by atoms with Crippen LogP contribution in [0.2, 0.25) is 0 Å². The number of carboxylic acids is 1. The summed E-state index contributed by atoms with van der Waals surface area (Å²) in [5.41, 5.74) is 0.380. The lowest BCUT2D eigenvalue weighted by Gasteiger charge is -2.04. The van der Waals surface area contributed by atoms with Crippen molar-refractivity contribution in [3.63, 3.8) is 0 Å². The number of alkyl carbamates (subject to hydrolysis) is 1. The van der Waals surface area contributed by atoms with Gasteiger partial charge in [0.05, 0.1) is 6.54 Å². The van der Waals surface area contributed by atoms with Crippen molar-refractivity contribution in [3.8, 4) is 11.8 Å². The molecule has 7 heteroatoms. The van der Waals surface area contributed by atoms with E-state index in [9.17, 15) is 14.4 Å². The molecule has 140 valence electrons. The Balaban J connectivity index is 1.59. The predicted molar refractivity (Wildman–Crippen MR) is 101 cm³/mol. The Bertz CT molecular complexity index is 1140. The Labute approximate surface area is 159 Å². The molecule has 0 saturated carbocycles. The fourth-order valence-corrected chi connectivity index (χ4v) is 2.39. The summed E-state index contributed by atoms with van der Waals surface area (Å²) in [7, 11) is 0. The molecule has 0 aliphatic carbocycles. The van der Waals surface area contributed by atoms with Gasteiger partial charge in [-0.05, 0) is 29.8 Å². The largest absolute Gasteiger partial charge is 0.477 e. The summed E-state index contributed by atoms with van der Waals surface area (Å²) >= 11 is 0. The van der Waals surface area contributed by atoms with Crippen molar-refractivity contribution < 1.29 is 23.8 Å². The molecule has 1 aromatic heterocycles. The first-order valence-corrected chi connectivity index (χ1v) is 8.27. The normalized spacial score (nSPS) is 10.0. The zero-order valence-corrected chi connectivity index (χ0v) is 14.6. The van der Waals surface area contributed by atoms with E-state index in [1.54, 1.807) is 12.1 Å². The van der Waals surface area contributed by atoms with E-state index >= 15 is 0 Å². The number of hydrogen-bond acceptors (Lipinski definition) is 5. The summed E-state index contributed by atoms with van der Waals surface area (Å²) in [6.45, 7) is 0.248. The number of amides is 1. The SMILES string of the molecule is O=C(NCC#Cc1ccc2oc(=O)c(C(=O)O)cc2c1)OCc1ccccc1. The molecule has 3 rings (SSSR count). The molecule has 1 heterocycles. The van der Waals surface area contributed by atoms with E-state index < -0.39 is 23.3 Å². The molecule has 0 bridgehead atoms. The van der Waals surface area contributed by atoms with E-state index in [0.717, 1.165) is 5.56 Å². The Morgan fingerprint density at radius 3 is 2.64 bits per heavy atom. The molecule has 1 amide bonds. The third kappa shape index (κ3) is 4.77. The van der Waals surface area contributed by atoms with Gasteiger partial charge >= 0.3 is 17.7 Å². The first-order valence-electron chi connectivity index (χ1n) is 8.27. The summed E-state index contributed by atoms with van der Waals surface area (Å²) in [6, 6.07) is 15.3. The van der Waals surface area contributed by atoms with Crippen LogP contribution >= 0.6 is 0 Å². The van der Waals surface area contributed by atoms with Crippen molar-refractivity contribution in [1.29, 1.82) is 0 Å². The molecule has 0 radical (unpaired) electrons. The van der Waals surface area contributed by atoms with Crippen LogP contribution in [0.3, 0.4) is 0 Å². The average Bonchev–Trinajstić information content (AvgIpc) is 2.70. The zero-order valence-electron chi connectivity index (χ0n) is 14.6. The second-order valence-corrected chi connectivity index (χ2v) is 5.72. The Morgan fingerprint density at radius 2 is 1.89 bits per heavy atom. The van der Waals surface area contributed by atoms with Gasteiger partial charge in [0, 0.05) is 10.9 Å². The van der Waals surface area contributed by atoms with Gasteiger partial charge in [0.25, 0.3) is 0 Å². The lowest BCUT2D eigenvalue weighted by Crippen LogP contribution is -2.24. The van der Waals surface area contributed by atoms with Crippen molar-refractivity contribution >= 4 is 23.0 Å². The van der Waals surface area contributed by atoms with Gasteiger partial charge in [-0.1, -0.05) is 42.2 Å². The Morgan fingerprint density at radius 1 is 1.11 bits per heavy atom. The van der Waals surface area contributed by atoms with Gasteiger partial charge in [0.1, 0.15) is 17.8 Å². The number of hydrogen-bond donors (Lipinski definition) is 2. The van der Waals surface area contributed by atoms with Gasteiger partial charge in [-0.25, -0.2) is 14.4 Å². The maximum Gasteiger partial charge on any atom is 0.408 e. The molecule has 0 aliphatic rings. The molecule has 0 atom stereocenters. The number of carbonyl (C=O) groups is 2. The number of carboxylic acid groups (broad SMARTS) is 1. The van der Waals surface area contributed by atoms with Gasteiger partial charge in [0.15, 0.2) is 0 Å². The first kappa shape index (κ1) is 18.7. The quantitative estimate of drug-likeness (QED) is 0.535. The van der Waals surface area contributed by atoms with Crippen LogP contribution in [0.5, 0.6) is 0 Å².